The summed E-state index contributed by atoms with van der Waals surface area (Å²) in [6.07, 6.45) is 8.56. The van der Waals surface area contributed by atoms with Crippen LogP contribution in [0, 0.1) is 5.92 Å². The number of benzene rings is 1. The van der Waals surface area contributed by atoms with E-state index in [-0.39, 0.29) is 0 Å². The maximum Gasteiger partial charge on any atom is 0.0409 e. The van der Waals surface area contributed by atoms with E-state index in [2.05, 4.69) is 11.4 Å². The zero-order valence-electron chi connectivity index (χ0n) is 10.4. The van der Waals surface area contributed by atoms with Crippen molar-refractivity contribution in [3.05, 3.63) is 34.9 Å². The van der Waals surface area contributed by atoms with Gasteiger partial charge in [-0.2, -0.15) is 0 Å². The van der Waals surface area contributed by atoms with Gasteiger partial charge in [0.15, 0.2) is 0 Å². The Bertz CT molecular complexity index is 331. The van der Waals surface area contributed by atoms with E-state index in [9.17, 15) is 0 Å². The molecule has 1 aromatic carbocycles. The number of rotatable bonds is 5. The van der Waals surface area contributed by atoms with Crippen LogP contribution in [-0.2, 0) is 6.54 Å². The summed E-state index contributed by atoms with van der Waals surface area (Å²) in [7, 11) is 0. The number of hydrogen-bond acceptors (Lipinski definition) is 1. The van der Waals surface area contributed by atoms with Crippen LogP contribution in [0.15, 0.2) is 24.3 Å². The molecule has 1 saturated carbocycles. The van der Waals surface area contributed by atoms with Crippen LogP contribution in [-0.4, -0.2) is 6.54 Å². The summed E-state index contributed by atoms with van der Waals surface area (Å²) >= 11 is 5.95. The molecule has 1 fully saturated rings. The molecule has 1 aromatic rings. The largest absolute Gasteiger partial charge is 0.313 e. The Morgan fingerprint density at radius 1 is 1.18 bits per heavy atom. The lowest BCUT2D eigenvalue weighted by molar-refractivity contribution is 0.334. The third-order valence-corrected chi connectivity index (χ3v) is 3.91. The second kappa shape index (κ2) is 7.03. The van der Waals surface area contributed by atoms with Crippen molar-refractivity contribution in [3.63, 3.8) is 0 Å². The monoisotopic (exact) mass is 251 g/mol. The SMILES string of the molecule is Clc1cccc(CNCCC2CCCCC2)c1. The predicted molar refractivity (Wildman–Crippen MR) is 74.4 cm³/mol. The van der Waals surface area contributed by atoms with Gasteiger partial charge in [0.1, 0.15) is 0 Å². The van der Waals surface area contributed by atoms with Crippen LogP contribution < -0.4 is 5.32 Å². The second-order valence-electron chi connectivity index (χ2n) is 5.10. The van der Waals surface area contributed by atoms with E-state index in [1.165, 1.54) is 44.1 Å². The van der Waals surface area contributed by atoms with Crippen LogP contribution in [0.4, 0.5) is 0 Å². The van der Waals surface area contributed by atoms with Crippen molar-refractivity contribution in [3.8, 4) is 0 Å². The minimum atomic E-state index is 0.830. The van der Waals surface area contributed by atoms with E-state index in [0.717, 1.165) is 24.0 Å². The van der Waals surface area contributed by atoms with Gasteiger partial charge in [0.25, 0.3) is 0 Å². The molecule has 0 aliphatic heterocycles. The molecule has 0 atom stereocenters. The van der Waals surface area contributed by atoms with Crippen LogP contribution in [0.3, 0.4) is 0 Å². The fourth-order valence-electron chi connectivity index (χ4n) is 2.66. The molecule has 94 valence electrons. The van der Waals surface area contributed by atoms with Gasteiger partial charge in [-0.05, 0) is 36.6 Å². The normalized spacial score (nSPS) is 17.2. The zero-order chi connectivity index (χ0) is 11.9. The van der Waals surface area contributed by atoms with Crippen LogP contribution in [0.25, 0.3) is 0 Å². The summed E-state index contributed by atoms with van der Waals surface area (Å²) in [5.74, 6) is 0.968. The topological polar surface area (TPSA) is 12.0 Å². The molecule has 1 N–H and O–H groups in total. The van der Waals surface area contributed by atoms with E-state index in [1.54, 1.807) is 0 Å². The molecule has 1 nitrogen and oxygen atoms in total. The van der Waals surface area contributed by atoms with Gasteiger partial charge >= 0.3 is 0 Å². The van der Waals surface area contributed by atoms with Crippen molar-refractivity contribution in [2.75, 3.05) is 6.54 Å². The molecular weight excluding hydrogens is 230 g/mol. The Labute approximate surface area is 110 Å². The summed E-state index contributed by atoms with van der Waals surface area (Å²) in [4.78, 5) is 0. The predicted octanol–water partition coefficient (Wildman–Crippen LogP) is 4.40. The third kappa shape index (κ3) is 4.69. The van der Waals surface area contributed by atoms with Crippen LogP contribution >= 0.6 is 11.6 Å². The molecular formula is C15H22ClN. The Morgan fingerprint density at radius 3 is 2.76 bits per heavy atom. The first-order chi connectivity index (χ1) is 8.34. The molecule has 0 spiro atoms. The van der Waals surface area contributed by atoms with Gasteiger partial charge in [0.05, 0.1) is 0 Å². The Kier molecular flexibility index (Phi) is 5.34. The van der Waals surface area contributed by atoms with E-state index in [1.807, 2.05) is 18.2 Å². The molecule has 2 rings (SSSR count). The van der Waals surface area contributed by atoms with Gasteiger partial charge in [0, 0.05) is 11.6 Å². The van der Waals surface area contributed by atoms with Gasteiger partial charge in [0.2, 0.25) is 0 Å². The summed E-state index contributed by atoms with van der Waals surface area (Å²) in [5.41, 5.74) is 1.28. The minimum absolute atomic E-state index is 0.830. The number of nitrogens with one attached hydrogen (secondary N) is 1. The average Bonchev–Trinajstić information content (AvgIpc) is 2.36. The molecule has 1 aliphatic carbocycles. The molecule has 0 radical (unpaired) electrons. The Morgan fingerprint density at radius 2 is 2.00 bits per heavy atom. The standard InChI is InChI=1S/C15H22ClN/c16-15-8-4-7-14(11-15)12-17-10-9-13-5-2-1-3-6-13/h4,7-8,11,13,17H,1-3,5-6,9-10,12H2. The second-order valence-corrected chi connectivity index (χ2v) is 5.54. The fraction of sp³-hybridized carbons (Fsp3) is 0.600. The summed E-state index contributed by atoms with van der Waals surface area (Å²) in [6.45, 7) is 2.07. The smallest absolute Gasteiger partial charge is 0.0409 e. The highest BCUT2D eigenvalue weighted by atomic mass is 35.5. The fourth-order valence-corrected chi connectivity index (χ4v) is 2.87. The van der Waals surface area contributed by atoms with Crippen LogP contribution in [0.2, 0.25) is 5.02 Å². The van der Waals surface area contributed by atoms with E-state index >= 15 is 0 Å². The molecule has 0 saturated heterocycles. The molecule has 0 heterocycles. The van der Waals surface area contributed by atoms with Crippen LogP contribution in [0.5, 0.6) is 0 Å². The lowest BCUT2D eigenvalue weighted by atomic mass is 9.87. The highest BCUT2D eigenvalue weighted by molar-refractivity contribution is 6.30. The highest BCUT2D eigenvalue weighted by Crippen LogP contribution is 2.25. The van der Waals surface area contributed by atoms with Gasteiger partial charge in [-0.3, -0.25) is 0 Å². The van der Waals surface area contributed by atoms with Gasteiger partial charge in [-0.15, -0.1) is 0 Å². The van der Waals surface area contributed by atoms with Crippen molar-refractivity contribution < 1.29 is 0 Å². The van der Waals surface area contributed by atoms with E-state index in [4.69, 9.17) is 11.6 Å². The lowest BCUT2D eigenvalue weighted by Gasteiger charge is -2.21. The molecule has 1 aliphatic rings. The van der Waals surface area contributed by atoms with Gasteiger partial charge in [-0.1, -0.05) is 55.8 Å². The number of hydrogen-bond donors (Lipinski definition) is 1. The summed E-state index contributed by atoms with van der Waals surface area (Å²) < 4.78 is 0. The lowest BCUT2D eigenvalue weighted by Crippen LogP contribution is -2.19. The quantitative estimate of drug-likeness (QED) is 0.765. The molecule has 2 heteroatoms. The van der Waals surface area contributed by atoms with Crippen molar-refractivity contribution in [2.24, 2.45) is 5.92 Å². The van der Waals surface area contributed by atoms with Gasteiger partial charge < -0.3 is 5.32 Å². The maximum atomic E-state index is 5.95. The van der Waals surface area contributed by atoms with E-state index < -0.39 is 0 Å². The van der Waals surface area contributed by atoms with Gasteiger partial charge in [-0.25, -0.2) is 0 Å². The summed E-state index contributed by atoms with van der Waals surface area (Å²) in [6, 6.07) is 8.10. The molecule has 0 bridgehead atoms. The molecule has 0 amide bonds. The maximum absolute atomic E-state index is 5.95. The molecule has 17 heavy (non-hydrogen) atoms. The first-order valence-electron chi connectivity index (χ1n) is 6.80. The van der Waals surface area contributed by atoms with E-state index in [0.29, 0.717) is 0 Å². The zero-order valence-corrected chi connectivity index (χ0v) is 11.2. The van der Waals surface area contributed by atoms with Crippen molar-refractivity contribution in [1.82, 2.24) is 5.32 Å². The first-order valence-corrected chi connectivity index (χ1v) is 7.17. The third-order valence-electron chi connectivity index (χ3n) is 3.67. The first kappa shape index (κ1) is 12.9. The minimum Gasteiger partial charge on any atom is -0.313 e. The highest BCUT2D eigenvalue weighted by Gasteiger charge is 2.12. The molecule has 0 aromatic heterocycles. The molecule has 0 unspecified atom stereocenters. The Hall–Kier alpha value is -0.530. The summed E-state index contributed by atoms with van der Waals surface area (Å²) in [5, 5.41) is 4.35. The van der Waals surface area contributed by atoms with Crippen LogP contribution in [0.1, 0.15) is 44.1 Å². The number of halogens is 1. The Balaban J connectivity index is 1.62. The van der Waals surface area contributed by atoms with Crippen molar-refractivity contribution >= 4 is 11.6 Å². The van der Waals surface area contributed by atoms with Crippen molar-refractivity contribution in [2.45, 2.75) is 45.1 Å². The average molecular weight is 252 g/mol. The van der Waals surface area contributed by atoms with Crippen molar-refractivity contribution in [1.29, 1.82) is 0 Å².